The molecule has 0 saturated carbocycles. The summed E-state index contributed by atoms with van der Waals surface area (Å²) in [5.41, 5.74) is 1.88. The van der Waals surface area contributed by atoms with Crippen LogP contribution in [-0.4, -0.2) is 18.2 Å². The molecule has 1 aromatic carbocycles. The standard InChI is InChI=1S/C14H19BrN2O/c1-4-17(9-10(2)8-16)14-6-5-12(15)7-13(14)11(3)18/h5-7,10-11,18H,4,9H2,1-3H3. The molecule has 0 aliphatic rings. The smallest absolute Gasteiger partial charge is 0.0782 e. The third kappa shape index (κ3) is 3.72. The molecule has 98 valence electrons. The van der Waals surface area contributed by atoms with E-state index in [0.717, 1.165) is 22.3 Å². The third-order valence-electron chi connectivity index (χ3n) is 2.88. The number of anilines is 1. The van der Waals surface area contributed by atoms with E-state index in [2.05, 4.69) is 33.8 Å². The van der Waals surface area contributed by atoms with Crippen LogP contribution in [0.4, 0.5) is 5.69 Å². The molecule has 0 radical (unpaired) electrons. The van der Waals surface area contributed by atoms with Crippen LogP contribution in [0.25, 0.3) is 0 Å². The molecule has 0 aromatic heterocycles. The summed E-state index contributed by atoms with van der Waals surface area (Å²) < 4.78 is 0.950. The lowest BCUT2D eigenvalue weighted by Gasteiger charge is -2.27. The molecule has 0 fully saturated rings. The van der Waals surface area contributed by atoms with E-state index in [-0.39, 0.29) is 5.92 Å². The highest BCUT2D eigenvalue weighted by atomic mass is 79.9. The number of nitrogens with zero attached hydrogens (tertiary/aromatic N) is 2. The zero-order valence-corrected chi connectivity index (χ0v) is 12.6. The SMILES string of the molecule is CCN(CC(C)C#N)c1ccc(Br)cc1C(C)O. The average Bonchev–Trinajstić information content (AvgIpc) is 2.35. The topological polar surface area (TPSA) is 47.3 Å². The fourth-order valence-electron chi connectivity index (χ4n) is 1.92. The fraction of sp³-hybridized carbons (Fsp3) is 0.500. The Morgan fingerprint density at radius 2 is 2.11 bits per heavy atom. The second kappa shape index (κ2) is 6.77. The van der Waals surface area contributed by atoms with Crippen molar-refractivity contribution in [1.29, 1.82) is 5.26 Å². The maximum Gasteiger partial charge on any atom is 0.0782 e. The van der Waals surface area contributed by atoms with Crippen molar-refractivity contribution < 1.29 is 5.11 Å². The Bertz CT molecular complexity index is 440. The van der Waals surface area contributed by atoms with Crippen molar-refractivity contribution in [3.8, 4) is 6.07 Å². The summed E-state index contributed by atoms with van der Waals surface area (Å²) in [7, 11) is 0. The molecular formula is C14H19BrN2O. The van der Waals surface area contributed by atoms with Gasteiger partial charge < -0.3 is 10.0 Å². The van der Waals surface area contributed by atoms with Gasteiger partial charge in [0.25, 0.3) is 0 Å². The largest absolute Gasteiger partial charge is 0.389 e. The van der Waals surface area contributed by atoms with E-state index in [4.69, 9.17) is 5.26 Å². The minimum Gasteiger partial charge on any atom is -0.389 e. The number of aliphatic hydroxyl groups excluding tert-OH is 1. The number of aliphatic hydroxyl groups is 1. The van der Waals surface area contributed by atoms with E-state index >= 15 is 0 Å². The Morgan fingerprint density at radius 3 is 2.61 bits per heavy atom. The first-order valence-electron chi connectivity index (χ1n) is 6.11. The minimum absolute atomic E-state index is 0.0320. The van der Waals surface area contributed by atoms with E-state index < -0.39 is 6.10 Å². The predicted molar refractivity (Wildman–Crippen MR) is 77.4 cm³/mol. The van der Waals surface area contributed by atoms with Crippen molar-refractivity contribution >= 4 is 21.6 Å². The summed E-state index contributed by atoms with van der Waals surface area (Å²) in [6.45, 7) is 7.20. The molecule has 0 aliphatic carbocycles. The summed E-state index contributed by atoms with van der Waals surface area (Å²) in [5, 5.41) is 18.8. The first-order chi connectivity index (χ1) is 8.49. The van der Waals surface area contributed by atoms with Gasteiger partial charge in [0.1, 0.15) is 0 Å². The molecule has 4 heteroatoms. The zero-order chi connectivity index (χ0) is 13.7. The molecule has 3 nitrogen and oxygen atoms in total. The Balaban J connectivity index is 3.09. The first kappa shape index (κ1) is 15.0. The lowest BCUT2D eigenvalue weighted by molar-refractivity contribution is 0.199. The van der Waals surface area contributed by atoms with Crippen LogP contribution < -0.4 is 4.90 Å². The third-order valence-corrected chi connectivity index (χ3v) is 3.37. The van der Waals surface area contributed by atoms with Crippen LogP contribution in [0.1, 0.15) is 32.4 Å². The summed E-state index contributed by atoms with van der Waals surface area (Å²) in [6, 6.07) is 8.12. The van der Waals surface area contributed by atoms with Crippen LogP contribution in [0.5, 0.6) is 0 Å². The second-order valence-corrected chi connectivity index (χ2v) is 5.36. The predicted octanol–water partition coefficient (Wildman–Crippen LogP) is 3.49. The molecule has 1 N–H and O–H groups in total. The quantitative estimate of drug-likeness (QED) is 0.905. The summed E-state index contributed by atoms with van der Waals surface area (Å²) in [5.74, 6) is -0.0320. The van der Waals surface area contributed by atoms with Gasteiger partial charge in [0.05, 0.1) is 18.1 Å². The van der Waals surface area contributed by atoms with Crippen LogP contribution in [-0.2, 0) is 0 Å². The van der Waals surface area contributed by atoms with Gasteiger partial charge in [-0.05, 0) is 39.0 Å². The summed E-state index contributed by atoms with van der Waals surface area (Å²) in [6.07, 6.45) is -0.524. The van der Waals surface area contributed by atoms with Crippen molar-refractivity contribution in [2.24, 2.45) is 5.92 Å². The molecule has 0 spiro atoms. The Hall–Kier alpha value is -1.05. The number of hydrogen-bond donors (Lipinski definition) is 1. The molecule has 0 aliphatic heterocycles. The summed E-state index contributed by atoms with van der Waals surface area (Å²) >= 11 is 3.42. The average molecular weight is 311 g/mol. The zero-order valence-electron chi connectivity index (χ0n) is 11.0. The highest BCUT2D eigenvalue weighted by Gasteiger charge is 2.15. The Labute approximate surface area is 117 Å². The van der Waals surface area contributed by atoms with Gasteiger partial charge in [-0.2, -0.15) is 5.26 Å². The number of hydrogen-bond acceptors (Lipinski definition) is 3. The lowest BCUT2D eigenvalue weighted by atomic mass is 10.1. The van der Waals surface area contributed by atoms with Crippen molar-refractivity contribution in [3.63, 3.8) is 0 Å². The first-order valence-corrected chi connectivity index (χ1v) is 6.91. The van der Waals surface area contributed by atoms with Gasteiger partial charge in [0.15, 0.2) is 0 Å². The minimum atomic E-state index is -0.524. The monoisotopic (exact) mass is 310 g/mol. The molecule has 0 heterocycles. The molecule has 2 unspecified atom stereocenters. The molecule has 18 heavy (non-hydrogen) atoms. The Morgan fingerprint density at radius 1 is 1.44 bits per heavy atom. The Kier molecular flexibility index (Phi) is 5.64. The van der Waals surface area contributed by atoms with Crippen LogP contribution in [0.3, 0.4) is 0 Å². The van der Waals surface area contributed by atoms with E-state index in [0.29, 0.717) is 6.54 Å². The van der Waals surface area contributed by atoms with Gasteiger partial charge in [-0.15, -0.1) is 0 Å². The van der Waals surface area contributed by atoms with Crippen molar-refractivity contribution in [2.45, 2.75) is 26.9 Å². The van der Waals surface area contributed by atoms with Gasteiger partial charge in [0, 0.05) is 28.8 Å². The number of rotatable bonds is 5. The van der Waals surface area contributed by atoms with Gasteiger partial charge in [-0.25, -0.2) is 0 Å². The lowest BCUT2D eigenvalue weighted by Crippen LogP contribution is -2.28. The highest BCUT2D eigenvalue weighted by molar-refractivity contribution is 9.10. The fourth-order valence-corrected chi connectivity index (χ4v) is 2.30. The van der Waals surface area contributed by atoms with E-state index in [1.165, 1.54) is 0 Å². The van der Waals surface area contributed by atoms with E-state index in [9.17, 15) is 5.11 Å². The van der Waals surface area contributed by atoms with Crippen LogP contribution in [0.2, 0.25) is 0 Å². The summed E-state index contributed by atoms with van der Waals surface area (Å²) in [4.78, 5) is 2.13. The molecular weight excluding hydrogens is 292 g/mol. The van der Waals surface area contributed by atoms with E-state index in [1.54, 1.807) is 6.92 Å². The van der Waals surface area contributed by atoms with E-state index in [1.807, 2.05) is 25.1 Å². The number of benzene rings is 1. The van der Waals surface area contributed by atoms with Crippen LogP contribution >= 0.6 is 15.9 Å². The van der Waals surface area contributed by atoms with Crippen molar-refractivity contribution in [3.05, 3.63) is 28.2 Å². The van der Waals surface area contributed by atoms with Gasteiger partial charge in [-0.3, -0.25) is 0 Å². The highest BCUT2D eigenvalue weighted by Crippen LogP contribution is 2.29. The molecule has 0 bridgehead atoms. The van der Waals surface area contributed by atoms with Gasteiger partial charge >= 0.3 is 0 Å². The maximum absolute atomic E-state index is 9.85. The number of halogens is 1. The van der Waals surface area contributed by atoms with Crippen molar-refractivity contribution in [1.82, 2.24) is 0 Å². The molecule has 0 amide bonds. The number of nitriles is 1. The van der Waals surface area contributed by atoms with Crippen LogP contribution in [0, 0.1) is 17.2 Å². The molecule has 1 aromatic rings. The molecule has 1 rings (SSSR count). The van der Waals surface area contributed by atoms with Gasteiger partial charge in [0.2, 0.25) is 0 Å². The van der Waals surface area contributed by atoms with Crippen LogP contribution in [0.15, 0.2) is 22.7 Å². The molecule has 0 saturated heterocycles. The molecule has 2 atom stereocenters. The van der Waals surface area contributed by atoms with Crippen molar-refractivity contribution in [2.75, 3.05) is 18.0 Å². The maximum atomic E-state index is 9.85. The normalized spacial score (nSPS) is 13.8. The van der Waals surface area contributed by atoms with Gasteiger partial charge in [-0.1, -0.05) is 15.9 Å². The second-order valence-electron chi connectivity index (χ2n) is 4.45.